The highest BCUT2D eigenvalue weighted by atomic mass is 32.2. The van der Waals surface area contributed by atoms with E-state index in [9.17, 15) is 0 Å². The first kappa shape index (κ1) is 13.3. The van der Waals surface area contributed by atoms with Gasteiger partial charge in [0.15, 0.2) is 0 Å². The first-order chi connectivity index (χ1) is 7.09. The second-order valence-corrected chi connectivity index (χ2v) is 6.29. The Labute approximate surface area is 99.2 Å². The van der Waals surface area contributed by atoms with E-state index in [2.05, 4.69) is 49.8 Å². The Morgan fingerprint density at radius 3 is 2.73 bits per heavy atom. The van der Waals surface area contributed by atoms with Crippen molar-refractivity contribution in [1.29, 1.82) is 0 Å². The van der Waals surface area contributed by atoms with E-state index in [1.54, 1.807) is 0 Å². The maximum absolute atomic E-state index is 3.65. The standard InChI is InChI=1S/C12H26N2S/c1-10(2)9-15-6-5-13-12-7-11(3)14(4)8-12/h10-13H,5-9H2,1-4H3. The Balaban J connectivity index is 1.97. The first-order valence-electron chi connectivity index (χ1n) is 6.11. The molecule has 1 saturated heterocycles. The molecule has 1 aliphatic heterocycles. The molecule has 1 heterocycles. The molecule has 2 nitrogen and oxygen atoms in total. The number of likely N-dealkylation sites (tertiary alicyclic amines) is 1. The molecule has 15 heavy (non-hydrogen) atoms. The van der Waals surface area contributed by atoms with E-state index in [-0.39, 0.29) is 0 Å². The molecule has 1 aliphatic rings. The molecule has 0 aliphatic carbocycles. The maximum Gasteiger partial charge on any atom is 0.0210 e. The van der Waals surface area contributed by atoms with Crippen LogP contribution in [0.5, 0.6) is 0 Å². The molecule has 0 bridgehead atoms. The topological polar surface area (TPSA) is 15.3 Å². The number of hydrogen-bond donors (Lipinski definition) is 1. The SMILES string of the molecule is CC(C)CSCCNC1CC(C)N(C)C1. The summed E-state index contributed by atoms with van der Waals surface area (Å²) in [5, 5.41) is 3.65. The average Bonchev–Trinajstić information content (AvgIpc) is 2.45. The molecule has 2 unspecified atom stereocenters. The van der Waals surface area contributed by atoms with E-state index in [1.807, 2.05) is 0 Å². The zero-order chi connectivity index (χ0) is 11.3. The third-order valence-electron chi connectivity index (χ3n) is 3.02. The van der Waals surface area contributed by atoms with Crippen LogP contribution in [0.15, 0.2) is 0 Å². The summed E-state index contributed by atoms with van der Waals surface area (Å²) >= 11 is 2.07. The van der Waals surface area contributed by atoms with Crippen LogP contribution in [-0.4, -0.2) is 48.6 Å². The Morgan fingerprint density at radius 1 is 1.47 bits per heavy atom. The summed E-state index contributed by atoms with van der Waals surface area (Å²) in [6.45, 7) is 9.27. The fourth-order valence-corrected chi connectivity index (χ4v) is 2.90. The Kier molecular flexibility index (Phi) is 6.02. The molecule has 0 aromatic rings. The molecule has 0 amide bonds. The van der Waals surface area contributed by atoms with Gasteiger partial charge in [0.25, 0.3) is 0 Å². The maximum atomic E-state index is 3.65. The minimum Gasteiger partial charge on any atom is -0.312 e. The van der Waals surface area contributed by atoms with Crippen molar-refractivity contribution in [3.63, 3.8) is 0 Å². The van der Waals surface area contributed by atoms with Crippen LogP contribution in [0.2, 0.25) is 0 Å². The van der Waals surface area contributed by atoms with Gasteiger partial charge in [-0.3, -0.25) is 0 Å². The Bertz CT molecular complexity index is 163. The van der Waals surface area contributed by atoms with Crippen LogP contribution < -0.4 is 5.32 Å². The van der Waals surface area contributed by atoms with E-state index >= 15 is 0 Å². The molecule has 3 heteroatoms. The third kappa shape index (κ3) is 5.23. The van der Waals surface area contributed by atoms with Gasteiger partial charge < -0.3 is 10.2 Å². The predicted molar refractivity (Wildman–Crippen MR) is 70.7 cm³/mol. The molecule has 0 saturated carbocycles. The number of likely N-dealkylation sites (N-methyl/N-ethyl adjacent to an activating group) is 1. The minimum absolute atomic E-state index is 0.727. The third-order valence-corrected chi connectivity index (χ3v) is 4.41. The molecule has 0 spiro atoms. The number of rotatable bonds is 6. The molecule has 1 N–H and O–H groups in total. The Hall–Kier alpha value is 0.270. The zero-order valence-electron chi connectivity index (χ0n) is 10.6. The van der Waals surface area contributed by atoms with Gasteiger partial charge >= 0.3 is 0 Å². The summed E-state index contributed by atoms with van der Waals surface area (Å²) in [5.74, 6) is 3.38. The van der Waals surface area contributed by atoms with Gasteiger partial charge in [-0.1, -0.05) is 13.8 Å². The van der Waals surface area contributed by atoms with Crippen molar-refractivity contribution in [2.24, 2.45) is 5.92 Å². The number of nitrogens with zero attached hydrogens (tertiary/aromatic N) is 1. The molecule has 90 valence electrons. The number of hydrogen-bond acceptors (Lipinski definition) is 3. The van der Waals surface area contributed by atoms with Gasteiger partial charge in [-0.05, 0) is 32.1 Å². The van der Waals surface area contributed by atoms with Crippen LogP contribution in [0.25, 0.3) is 0 Å². The van der Waals surface area contributed by atoms with Gasteiger partial charge in [0.2, 0.25) is 0 Å². The first-order valence-corrected chi connectivity index (χ1v) is 7.26. The van der Waals surface area contributed by atoms with Crippen LogP contribution in [0.1, 0.15) is 27.2 Å². The van der Waals surface area contributed by atoms with Crippen LogP contribution >= 0.6 is 11.8 Å². The summed E-state index contributed by atoms with van der Waals surface area (Å²) in [6, 6.07) is 1.48. The normalized spacial score (nSPS) is 27.8. The molecule has 0 aromatic heterocycles. The second-order valence-electron chi connectivity index (χ2n) is 5.14. The van der Waals surface area contributed by atoms with E-state index in [0.29, 0.717) is 0 Å². The number of thioether (sulfide) groups is 1. The van der Waals surface area contributed by atoms with Crippen molar-refractivity contribution >= 4 is 11.8 Å². The van der Waals surface area contributed by atoms with Gasteiger partial charge in [-0.15, -0.1) is 0 Å². The molecule has 0 radical (unpaired) electrons. The van der Waals surface area contributed by atoms with Gasteiger partial charge in [-0.2, -0.15) is 11.8 Å². The minimum atomic E-state index is 0.727. The summed E-state index contributed by atoms with van der Waals surface area (Å²) in [7, 11) is 2.22. The molecule has 0 aromatic carbocycles. The van der Waals surface area contributed by atoms with Crippen molar-refractivity contribution in [1.82, 2.24) is 10.2 Å². The van der Waals surface area contributed by atoms with Crippen LogP contribution in [0.3, 0.4) is 0 Å². The van der Waals surface area contributed by atoms with Crippen molar-refractivity contribution in [2.75, 3.05) is 31.6 Å². The van der Waals surface area contributed by atoms with E-state index in [4.69, 9.17) is 0 Å². The lowest BCUT2D eigenvalue weighted by Crippen LogP contribution is -2.33. The van der Waals surface area contributed by atoms with Crippen LogP contribution in [0.4, 0.5) is 0 Å². The van der Waals surface area contributed by atoms with Gasteiger partial charge in [-0.25, -0.2) is 0 Å². The van der Waals surface area contributed by atoms with E-state index in [0.717, 1.165) is 18.0 Å². The molecule has 1 rings (SSSR count). The summed E-state index contributed by atoms with van der Waals surface area (Å²) in [4.78, 5) is 2.44. The van der Waals surface area contributed by atoms with E-state index in [1.165, 1.54) is 31.0 Å². The largest absolute Gasteiger partial charge is 0.312 e. The fraction of sp³-hybridized carbons (Fsp3) is 1.00. The fourth-order valence-electron chi connectivity index (χ4n) is 2.00. The quantitative estimate of drug-likeness (QED) is 0.703. The predicted octanol–water partition coefficient (Wildman–Crippen LogP) is 2.06. The number of nitrogens with one attached hydrogen (secondary N) is 1. The van der Waals surface area contributed by atoms with Gasteiger partial charge in [0.1, 0.15) is 0 Å². The zero-order valence-corrected chi connectivity index (χ0v) is 11.4. The lowest BCUT2D eigenvalue weighted by molar-refractivity contribution is 0.327. The van der Waals surface area contributed by atoms with Gasteiger partial charge in [0, 0.05) is 30.9 Å². The highest BCUT2D eigenvalue weighted by molar-refractivity contribution is 7.99. The smallest absolute Gasteiger partial charge is 0.0210 e. The summed E-state index contributed by atoms with van der Waals surface area (Å²) in [5.41, 5.74) is 0. The summed E-state index contributed by atoms with van der Waals surface area (Å²) in [6.07, 6.45) is 1.31. The second kappa shape index (κ2) is 6.77. The molecule has 2 atom stereocenters. The highest BCUT2D eigenvalue weighted by Gasteiger charge is 2.24. The lowest BCUT2D eigenvalue weighted by Gasteiger charge is -2.13. The Morgan fingerprint density at radius 2 is 2.20 bits per heavy atom. The van der Waals surface area contributed by atoms with Crippen molar-refractivity contribution in [3.8, 4) is 0 Å². The molecule has 1 fully saturated rings. The van der Waals surface area contributed by atoms with Gasteiger partial charge in [0.05, 0.1) is 0 Å². The average molecular weight is 230 g/mol. The molecular formula is C12H26N2S. The van der Waals surface area contributed by atoms with Crippen molar-refractivity contribution in [2.45, 2.75) is 39.3 Å². The molecular weight excluding hydrogens is 204 g/mol. The van der Waals surface area contributed by atoms with Crippen LogP contribution in [0, 0.1) is 5.92 Å². The van der Waals surface area contributed by atoms with Crippen molar-refractivity contribution < 1.29 is 0 Å². The monoisotopic (exact) mass is 230 g/mol. The summed E-state index contributed by atoms with van der Waals surface area (Å²) < 4.78 is 0. The van der Waals surface area contributed by atoms with Crippen LogP contribution in [-0.2, 0) is 0 Å². The highest BCUT2D eigenvalue weighted by Crippen LogP contribution is 2.14. The van der Waals surface area contributed by atoms with E-state index < -0.39 is 0 Å². The van der Waals surface area contributed by atoms with Crippen molar-refractivity contribution in [3.05, 3.63) is 0 Å². The lowest BCUT2D eigenvalue weighted by atomic mass is 10.2.